The van der Waals surface area contributed by atoms with Gasteiger partial charge >= 0.3 is 12.1 Å². The van der Waals surface area contributed by atoms with Gasteiger partial charge in [0.1, 0.15) is 11.8 Å². The Bertz CT molecular complexity index is 1060. The van der Waals surface area contributed by atoms with Gasteiger partial charge in [-0.2, -0.15) is 0 Å². The summed E-state index contributed by atoms with van der Waals surface area (Å²) in [5.74, 6) is -1.15. The Balaban J connectivity index is 1.49. The number of carbonyl (C=O) groups excluding carboxylic acids is 1. The third kappa shape index (κ3) is 4.00. The van der Waals surface area contributed by atoms with Crippen LogP contribution < -0.4 is 5.32 Å². The number of halogens is 1. The van der Waals surface area contributed by atoms with Crippen LogP contribution in [0.25, 0.3) is 11.1 Å². The van der Waals surface area contributed by atoms with Crippen LogP contribution in [0, 0.1) is 0 Å². The smallest absolute Gasteiger partial charge is 0.407 e. The zero-order valence-corrected chi connectivity index (χ0v) is 16.7. The molecule has 0 saturated heterocycles. The van der Waals surface area contributed by atoms with E-state index in [4.69, 9.17) is 16.3 Å². The average Bonchev–Trinajstić information content (AvgIpc) is 3.06. The largest absolute Gasteiger partial charge is 0.481 e. The van der Waals surface area contributed by atoms with Gasteiger partial charge in [-0.15, -0.1) is 0 Å². The van der Waals surface area contributed by atoms with Crippen LogP contribution in [0.1, 0.15) is 35.1 Å². The molecular formula is C23H19ClN2O4. The minimum Gasteiger partial charge on any atom is -0.481 e. The molecule has 1 aromatic heterocycles. The summed E-state index contributed by atoms with van der Waals surface area (Å²) in [6.07, 6.45) is 0.454. The minimum atomic E-state index is -1.07. The Morgan fingerprint density at radius 1 is 1.03 bits per heavy atom. The van der Waals surface area contributed by atoms with Gasteiger partial charge in [0.05, 0.1) is 12.5 Å². The van der Waals surface area contributed by atoms with E-state index in [-0.39, 0.29) is 24.1 Å². The first-order valence-electron chi connectivity index (χ1n) is 9.48. The number of fused-ring (bicyclic) bond motifs is 3. The number of pyridine rings is 1. The van der Waals surface area contributed by atoms with Crippen LogP contribution in [0.4, 0.5) is 4.79 Å². The second kappa shape index (κ2) is 8.55. The van der Waals surface area contributed by atoms with Crippen molar-refractivity contribution >= 4 is 23.7 Å². The molecular weight excluding hydrogens is 404 g/mol. The lowest BCUT2D eigenvalue weighted by molar-refractivity contribution is -0.137. The Labute approximate surface area is 178 Å². The minimum absolute atomic E-state index is 0.0805. The fourth-order valence-electron chi connectivity index (χ4n) is 3.85. The topological polar surface area (TPSA) is 88.5 Å². The number of carboxylic acids is 1. The third-order valence-corrected chi connectivity index (χ3v) is 5.49. The Kier molecular flexibility index (Phi) is 5.68. The number of hydrogen-bond acceptors (Lipinski definition) is 4. The van der Waals surface area contributed by atoms with Crippen molar-refractivity contribution < 1.29 is 19.4 Å². The first-order valence-corrected chi connectivity index (χ1v) is 9.86. The van der Waals surface area contributed by atoms with E-state index in [0.29, 0.717) is 5.56 Å². The van der Waals surface area contributed by atoms with Gasteiger partial charge in [-0.25, -0.2) is 9.78 Å². The Morgan fingerprint density at radius 3 is 2.27 bits per heavy atom. The van der Waals surface area contributed by atoms with Gasteiger partial charge < -0.3 is 15.2 Å². The van der Waals surface area contributed by atoms with Gasteiger partial charge in [0.15, 0.2) is 0 Å². The number of amides is 1. The van der Waals surface area contributed by atoms with E-state index >= 15 is 0 Å². The van der Waals surface area contributed by atoms with Crippen molar-refractivity contribution in [3.8, 4) is 11.1 Å². The fraction of sp³-hybridized carbons (Fsp3) is 0.174. The maximum Gasteiger partial charge on any atom is 0.407 e. The van der Waals surface area contributed by atoms with Crippen LogP contribution in [0.15, 0.2) is 66.9 Å². The molecule has 0 aliphatic heterocycles. The number of nitrogens with zero attached hydrogens (tertiary/aromatic N) is 1. The lowest BCUT2D eigenvalue weighted by Gasteiger charge is -2.19. The zero-order chi connectivity index (χ0) is 21.1. The van der Waals surface area contributed by atoms with E-state index < -0.39 is 18.1 Å². The maximum absolute atomic E-state index is 12.5. The number of ether oxygens (including phenoxy) is 1. The second-order valence-electron chi connectivity index (χ2n) is 7.00. The second-order valence-corrected chi connectivity index (χ2v) is 7.36. The molecule has 0 spiro atoms. The fourth-order valence-corrected chi connectivity index (χ4v) is 4.11. The molecule has 0 unspecified atom stereocenters. The van der Waals surface area contributed by atoms with E-state index in [9.17, 15) is 14.7 Å². The molecule has 2 aromatic carbocycles. The molecule has 1 heterocycles. The molecule has 30 heavy (non-hydrogen) atoms. The summed E-state index contributed by atoms with van der Waals surface area (Å²) in [5.41, 5.74) is 4.89. The molecule has 2 N–H and O–H groups in total. The molecule has 6 nitrogen and oxygen atoms in total. The van der Waals surface area contributed by atoms with Crippen LogP contribution in [0.2, 0.25) is 5.15 Å². The number of aliphatic carboxylic acids is 1. The molecule has 0 bridgehead atoms. The molecule has 0 radical (unpaired) electrons. The standard InChI is InChI=1S/C23H19ClN2O4/c24-22-18(10-5-11-25-22)20(12-21(27)28)26-23(29)30-13-19-16-8-3-1-6-14(16)15-7-2-4-9-17(15)19/h1-11,19-20H,12-13H2,(H,26,29)(H,27,28)/t20-/m1/s1. The number of benzene rings is 2. The predicted molar refractivity (Wildman–Crippen MR) is 112 cm³/mol. The van der Waals surface area contributed by atoms with Crippen molar-refractivity contribution in [3.63, 3.8) is 0 Å². The van der Waals surface area contributed by atoms with E-state index in [0.717, 1.165) is 22.3 Å². The quantitative estimate of drug-likeness (QED) is 0.557. The van der Waals surface area contributed by atoms with Crippen molar-refractivity contribution in [1.82, 2.24) is 10.3 Å². The number of carbonyl (C=O) groups is 2. The highest BCUT2D eigenvalue weighted by Gasteiger charge is 2.29. The number of aromatic nitrogens is 1. The molecule has 1 atom stereocenters. The van der Waals surface area contributed by atoms with Crippen molar-refractivity contribution in [3.05, 3.63) is 88.7 Å². The average molecular weight is 423 g/mol. The summed E-state index contributed by atoms with van der Waals surface area (Å²) in [5, 5.41) is 12.0. The Hall–Kier alpha value is -3.38. The number of carboxylic acid groups (broad SMARTS) is 1. The molecule has 0 saturated carbocycles. The number of alkyl carbamates (subject to hydrolysis) is 1. The number of nitrogens with one attached hydrogen (secondary N) is 1. The molecule has 3 aromatic rings. The molecule has 1 aliphatic carbocycles. The molecule has 1 aliphatic rings. The van der Waals surface area contributed by atoms with Gasteiger partial charge in [0, 0.05) is 17.7 Å². The highest BCUT2D eigenvalue weighted by Crippen LogP contribution is 2.44. The highest BCUT2D eigenvalue weighted by atomic mass is 35.5. The van der Waals surface area contributed by atoms with Crippen LogP contribution in [-0.2, 0) is 9.53 Å². The zero-order valence-electron chi connectivity index (χ0n) is 15.9. The first-order chi connectivity index (χ1) is 14.5. The van der Waals surface area contributed by atoms with Crippen LogP contribution >= 0.6 is 11.6 Å². The summed E-state index contributed by atoms with van der Waals surface area (Å²) in [6.45, 7) is 0.139. The third-order valence-electron chi connectivity index (χ3n) is 5.18. The normalized spacial score (nSPS) is 13.2. The maximum atomic E-state index is 12.5. The highest BCUT2D eigenvalue weighted by molar-refractivity contribution is 6.30. The van der Waals surface area contributed by atoms with Gasteiger partial charge in [0.25, 0.3) is 0 Å². The lowest BCUT2D eigenvalue weighted by atomic mass is 9.98. The molecule has 152 valence electrons. The van der Waals surface area contributed by atoms with Crippen molar-refractivity contribution in [1.29, 1.82) is 0 Å². The molecule has 7 heteroatoms. The van der Waals surface area contributed by atoms with Crippen molar-refractivity contribution in [2.45, 2.75) is 18.4 Å². The Morgan fingerprint density at radius 2 is 1.67 bits per heavy atom. The van der Waals surface area contributed by atoms with Crippen molar-refractivity contribution in [2.75, 3.05) is 6.61 Å². The van der Waals surface area contributed by atoms with Crippen LogP contribution in [0.3, 0.4) is 0 Å². The molecule has 1 amide bonds. The number of rotatable bonds is 6. The van der Waals surface area contributed by atoms with Crippen LogP contribution in [0.5, 0.6) is 0 Å². The summed E-state index contributed by atoms with van der Waals surface area (Å²) in [7, 11) is 0. The predicted octanol–water partition coefficient (Wildman–Crippen LogP) is 4.79. The summed E-state index contributed by atoms with van der Waals surface area (Å²) in [4.78, 5) is 27.7. The lowest BCUT2D eigenvalue weighted by Crippen LogP contribution is -2.32. The summed E-state index contributed by atoms with van der Waals surface area (Å²) >= 11 is 6.08. The van der Waals surface area contributed by atoms with Crippen molar-refractivity contribution in [2.24, 2.45) is 0 Å². The van der Waals surface area contributed by atoms with Gasteiger partial charge in [-0.1, -0.05) is 66.2 Å². The van der Waals surface area contributed by atoms with E-state index in [1.54, 1.807) is 12.1 Å². The van der Waals surface area contributed by atoms with Gasteiger partial charge in [-0.05, 0) is 28.3 Å². The monoisotopic (exact) mass is 422 g/mol. The SMILES string of the molecule is O=C(O)C[C@@H](NC(=O)OCC1c2ccccc2-c2ccccc21)c1cccnc1Cl. The van der Waals surface area contributed by atoms with Crippen LogP contribution in [-0.4, -0.2) is 28.8 Å². The first kappa shape index (κ1) is 19.9. The molecule has 4 rings (SSSR count). The van der Waals surface area contributed by atoms with E-state index in [2.05, 4.69) is 22.4 Å². The molecule has 0 fully saturated rings. The summed E-state index contributed by atoms with van der Waals surface area (Å²) in [6, 6.07) is 18.5. The van der Waals surface area contributed by atoms with E-state index in [1.165, 1.54) is 6.20 Å². The van der Waals surface area contributed by atoms with Gasteiger partial charge in [-0.3, -0.25) is 4.79 Å². The van der Waals surface area contributed by atoms with E-state index in [1.807, 2.05) is 36.4 Å². The van der Waals surface area contributed by atoms with Gasteiger partial charge in [0.2, 0.25) is 0 Å². The number of hydrogen-bond donors (Lipinski definition) is 2. The summed E-state index contributed by atoms with van der Waals surface area (Å²) < 4.78 is 5.51.